The van der Waals surface area contributed by atoms with Crippen molar-refractivity contribution in [2.45, 2.75) is 38.6 Å². The lowest BCUT2D eigenvalue weighted by Gasteiger charge is -2.26. The summed E-state index contributed by atoms with van der Waals surface area (Å²) < 4.78 is 5.08. The van der Waals surface area contributed by atoms with Crippen molar-refractivity contribution in [1.29, 1.82) is 5.26 Å². The monoisotopic (exact) mass is 210 g/mol. The van der Waals surface area contributed by atoms with E-state index in [0.29, 0.717) is 6.61 Å². The van der Waals surface area contributed by atoms with Crippen molar-refractivity contribution in [2.75, 3.05) is 19.8 Å². The van der Waals surface area contributed by atoms with E-state index in [0.717, 1.165) is 25.7 Å². The first-order valence-electron chi connectivity index (χ1n) is 5.53. The Morgan fingerprint density at radius 2 is 2.20 bits per heavy atom. The molecule has 1 fully saturated rings. The van der Waals surface area contributed by atoms with Gasteiger partial charge in [-0.05, 0) is 19.8 Å². The summed E-state index contributed by atoms with van der Waals surface area (Å²) in [4.78, 5) is 13.4. The largest absolute Gasteiger partial charge is 0.372 e. The van der Waals surface area contributed by atoms with Gasteiger partial charge in [0.1, 0.15) is 13.2 Å². The summed E-state index contributed by atoms with van der Waals surface area (Å²) in [5.41, 5.74) is 0. The maximum atomic E-state index is 11.7. The minimum absolute atomic E-state index is 0.0506. The topological polar surface area (TPSA) is 53.3 Å². The quantitative estimate of drug-likeness (QED) is 0.643. The van der Waals surface area contributed by atoms with Gasteiger partial charge in [-0.25, -0.2) is 0 Å². The number of ether oxygens (including phenoxy) is 1. The van der Waals surface area contributed by atoms with Crippen LogP contribution in [-0.2, 0) is 9.53 Å². The van der Waals surface area contributed by atoms with Crippen molar-refractivity contribution in [3.05, 3.63) is 0 Å². The highest BCUT2D eigenvalue weighted by atomic mass is 16.5. The third-order valence-corrected chi connectivity index (χ3v) is 2.76. The molecular weight excluding hydrogens is 192 g/mol. The van der Waals surface area contributed by atoms with E-state index in [-0.39, 0.29) is 25.1 Å². The van der Waals surface area contributed by atoms with Crippen LogP contribution < -0.4 is 0 Å². The molecule has 15 heavy (non-hydrogen) atoms. The molecule has 4 heteroatoms. The van der Waals surface area contributed by atoms with E-state index in [2.05, 4.69) is 6.07 Å². The van der Waals surface area contributed by atoms with Crippen LogP contribution in [0.15, 0.2) is 0 Å². The summed E-state index contributed by atoms with van der Waals surface area (Å²) in [7, 11) is 0. The van der Waals surface area contributed by atoms with Crippen LogP contribution in [0.2, 0.25) is 0 Å². The SMILES string of the molecule is CCOCC(=O)N(CC#N)C1CCCC1. The molecule has 0 N–H and O–H groups in total. The Morgan fingerprint density at radius 3 is 2.73 bits per heavy atom. The van der Waals surface area contributed by atoms with Gasteiger partial charge < -0.3 is 9.64 Å². The molecule has 0 atom stereocenters. The number of hydrogen-bond donors (Lipinski definition) is 0. The number of carbonyl (C=O) groups excluding carboxylic acids is 1. The average Bonchev–Trinajstić information content (AvgIpc) is 2.75. The standard InChI is InChI=1S/C11H18N2O2/c1-2-15-9-11(14)13(8-7-12)10-5-3-4-6-10/h10H,2-6,8-9H2,1H3. The number of amides is 1. The summed E-state index contributed by atoms with van der Waals surface area (Å²) in [5, 5.41) is 8.69. The molecule has 0 aliphatic heterocycles. The molecule has 0 aromatic rings. The summed E-state index contributed by atoms with van der Waals surface area (Å²) in [5.74, 6) is -0.0506. The first-order chi connectivity index (χ1) is 7.29. The predicted molar refractivity (Wildman–Crippen MR) is 56.1 cm³/mol. The molecule has 1 amide bonds. The second-order valence-electron chi connectivity index (χ2n) is 3.76. The fourth-order valence-electron chi connectivity index (χ4n) is 1.99. The lowest BCUT2D eigenvalue weighted by atomic mass is 10.2. The van der Waals surface area contributed by atoms with Crippen molar-refractivity contribution < 1.29 is 9.53 Å². The number of nitrogens with zero attached hydrogens (tertiary/aromatic N) is 2. The van der Waals surface area contributed by atoms with Crippen LogP contribution in [0.1, 0.15) is 32.6 Å². The second kappa shape index (κ2) is 6.41. The van der Waals surface area contributed by atoms with E-state index < -0.39 is 0 Å². The fraction of sp³-hybridized carbons (Fsp3) is 0.818. The van der Waals surface area contributed by atoms with Gasteiger partial charge in [-0.2, -0.15) is 5.26 Å². The Hall–Kier alpha value is -1.08. The normalized spacial score (nSPS) is 16.3. The summed E-state index contributed by atoms with van der Waals surface area (Å²) in [6, 6.07) is 2.31. The van der Waals surface area contributed by atoms with Crippen LogP contribution >= 0.6 is 0 Å². The van der Waals surface area contributed by atoms with Crippen LogP contribution in [-0.4, -0.2) is 36.6 Å². The molecule has 0 radical (unpaired) electrons. The van der Waals surface area contributed by atoms with E-state index in [1.165, 1.54) is 0 Å². The third kappa shape index (κ3) is 3.52. The smallest absolute Gasteiger partial charge is 0.249 e. The van der Waals surface area contributed by atoms with Gasteiger partial charge in [-0.1, -0.05) is 12.8 Å². The lowest BCUT2D eigenvalue weighted by Crippen LogP contribution is -2.41. The molecule has 0 heterocycles. The van der Waals surface area contributed by atoms with Crippen molar-refractivity contribution in [2.24, 2.45) is 0 Å². The zero-order valence-corrected chi connectivity index (χ0v) is 9.24. The maximum absolute atomic E-state index is 11.7. The number of hydrogen-bond acceptors (Lipinski definition) is 3. The molecule has 1 aliphatic carbocycles. The molecule has 0 unspecified atom stereocenters. The van der Waals surface area contributed by atoms with Gasteiger partial charge in [0.15, 0.2) is 0 Å². The van der Waals surface area contributed by atoms with E-state index >= 15 is 0 Å². The van der Waals surface area contributed by atoms with Crippen molar-refractivity contribution in [3.63, 3.8) is 0 Å². The van der Waals surface area contributed by atoms with Crippen molar-refractivity contribution >= 4 is 5.91 Å². The highest BCUT2D eigenvalue weighted by Crippen LogP contribution is 2.23. The Bertz CT molecular complexity index is 241. The van der Waals surface area contributed by atoms with Crippen LogP contribution in [0, 0.1) is 11.3 Å². The zero-order valence-electron chi connectivity index (χ0n) is 9.24. The minimum atomic E-state index is -0.0506. The van der Waals surface area contributed by atoms with Gasteiger partial charge in [-0.15, -0.1) is 0 Å². The lowest BCUT2D eigenvalue weighted by molar-refractivity contribution is -0.137. The Kier molecular flexibility index (Phi) is 5.13. The van der Waals surface area contributed by atoms with Gasteiger partial charge in [0, 0.05) is 12.6 Å². The molecule has 0 aromatic heterocycles. The molecule has 1 aliphatic rings. The van der Waals surface area contributed by atoms with E-state index in [4.69, 9.17) is 10.00 Å². The van der Waals surface area contributed by atoms with Crippen LogP contribution in [0.5, 0.6) is 0 Å². The van der Waals surface area contributed by atoms with Crippen LogP contribution in [0.3, 0.4) is 0 Å². The highest BCUT2D eigenvalue weighted by molar-refractivity contribution is 5.78. The van der Waals surface area contributed by atoms with E-state index in [1.807, 2.05) is 6.92 Å². The molecular formula is C11H18N2O2. The highest BCUT2D eigenvalue weighted by Gasteiger charge is 2.26. The van der Waals surface area contributed by atoms with Crippen molar-refractivity contribution in [3.8, 4) is 6.07 Å². The van der Waals surface area contributed by atoms with Gasteiger partial charge in [0.2, 0.25) is 5.91 Å². The first-order valence-corrected chi connectivity index (χ1v) is 5.53. The first kappa shape index (κ1) is 12.0. The molecule has 84 valence electrons. The predicted octanol–water partition coefficient (Wildman–Crippen LogP) is 1.32. The molecule has 0 saturated heterocycles. The molecule has 1 saturated carbocycles. The molecule has 0 spiro atoms. The van der Waals surface area contributed by atoms with Gasteiger partial charge in [0.25, 0.3) is 0 Å². The Labute approximate surface area is 90.8 Å². The van der Waals surface area contributed by atoms with Crippen LogP contribution in [0.25, 0.3) is 0 Å². The molecule has 0 bridgehead atoms. The molecule has 1 rings (SSSR count). The van der Waals surface area contributed by atoms with Gasteiger partial charge in [-0.3, -0.25) is 4.79 Å². The summed E-state index contributed by atoms with van der Waals surface area (Å²) >= 11 is 0. The van der Waals surface area contributed by atoms with E-state index in [9.17, 15) is 4.79 Å². The summed E-state index contributed by atoms with van der Waals surface area (Å²) in [6.45, 7) is 2.69. The maximum Gasteiger partial charge on any atom is 0.249 e. The average molecular weight is 210 g/mol. The zero-order chi connectivity index (χ0) is 11.1. The Balaban J connectivity index is 2.48. The molecule has 4 nitrogen and oxygen atoms in total. The Morgan fingerprint density at radius 1 is 1.53 bits per heavy atom. The van der Waals surface area contributed by atoms with Gasteiger partial charge >= 0.3 is 0 Å². The number of nitriles is 1. The van der Waals surface area contributed by atoms with E-state index in [1.54, 1.807) is 4.90 Å². The number of carbonyl (C=O) groups is 1. The summed E-state index contributed by atoms with van der Waals surface area (Å²) in [6.07, 6.45) is 4.38. The van der Waals surface area contributed by atoms with Crippen LogP contribution in [0.4, 0.5) is 0 Å². The fourth-order valence-corrected chi connectivity index (χ4v) is 1.99. The van der Waals surface area contributed by atoms with Crippen molar-refractivity contribution in [1.82, 2.24) is 4.90 Å². The minimum Gasteiger partial charge on any atom is -0.372 e. The third-order valence-electron chi connectivity index (χ3n) is 2.76. The number of rotatable bonds is 5. The molecule has 0 aromatic carbocycles. The second-order valence-corrected chi connectivity index (χ2v) is 3.76. The van der Waals surface area contributed by atoms with Gasteiger partial charge in [0.05, 0.1) is 6.07 Å².